The molecular formula is C12H16N2O3S. The van der Waals surface area contributed by atoms with Crippen LogP contribution in [0.2, 0.25) is 0 Å². The number of aromatic nitrogens is 1. The minimum Gasteiger partial charge on any atom is -0.476 e. The first-order valence-electron chi connectivity index (χ1n) is 6.14. The van der Waals surface area contributed by atoms with Gasteiger partial charge < -0.3 is 10.4 Å². The Bertz CT molecular complexity index is 438. The molecule has 1 aromatic heterocycles. The summed E-state index contributed by atoms with van der Waals surface area (Å²) in [6.07, 6.45) is 6.12. The molecule has 2 N–H and O–H groups in total. The monoisotopic (exact) mass is 268 g/mol. The van der Waals surface area contributed by atoms with Crippen molar-refractivity contribution in [3.8, 4) is 0 Å². The molecule has 6 heteroatoms. The summed E-state index contributed by atoms with van der Waals surface area (Å²) in [7, 11) is 0. The summed E-state index contributed by atoms with van der Waals surface area (Å²) < 4.78 is 0. The summed E-state index contributed by atoms with van der Waals surface area (Å²) in [4.78, 5) is 26.1. The van der Waals surface area contributed by atoms with Gasteiger partial charge in [-0.05, 0) is 12.3 Å². The van der Waals surface area contributed by atoms with Gasteiger partial charge >= 0.3 is 5.97 Å². The van der Waals surface area contributed by atoms with Gasteiger partial charge in [0.2, 0.25) is 0 Å². The summed E-state index contributed by atoms with van der Waals surface area (Å²) in [5, 5.41) is 13.1. The fourth-order valence-corrected chi connectivity index (χ4v) is 2.95. The van der Waals surface area contributed by atoms with Crippen molar-refractivity contribution in [3.05, 3.63) is 16.1 Å². The number of amides is 1. The highest BCUT2D eigenvalue weighted by atomic mass is 32.1. The first kappa shape index (κ1) is 13.0. The Morgan fingerprint density at radius 3 is 2.78 bits per heavy atom. The highest BCUT2D eigenvalue weighted by Crippen LogP contribution is 2.26. The van der Waals surface area contributed by atoms with Crippen molar-refractivity contribution >= 4 is 23.2 Å². The van der Waals surface area contributed by atoms with Gasteiger partial charge in [0.25, 0.3) is 5.91 Å². The molecule has 0 spiro atoms. The second-order valence-electron chi connectivity index (χ2n) is 4.54. The van der Waals surface area contributed by atoms with E-state index in [-0.39, 0.29) is 16.6 Å². The molecule has 1 aliphatic carbocycles. The fraction of sp³-hybridized carbons (Fsp3) is 0.583. The van der Waals surface area contributed by atoms with E-state index in [1.54, 1.807) is 0 Å². The molecule has 1 saturated carbocycles. The number of nitrogens with one attached hydrogen (secondary N) is 1. The van der Waals surface area contributed by atoms with Crippen LogP contribution in [0.1, 0.15) is 52.4 Å². The number of carboxylic acid groups (broad SMARTS) is 1. The molecule has 1 fully saturated rings. The Balaban J connectivity index is 1.77. The third kappa shape index (κ3) is 3.29. The van der Waals surface area contributed by atoms with Gasteiger partial charge in [-0.1, -0.05) is 25.7 Å². The molecule has 0 bridgehead atoms. The van der Waals surface area contributed by atoms with Crippen molar-refractivity contribution in [1.29, 1.82) is 0 Å². The van der Waals surface area contributed by atoms with E-state index in [0.29, 0.717) is 6.54 Å². The molecule has 5 nitrogen and oxygen atoms in total. The lowest BCUT2D eigenvalue weighted by Gasteiger charge is -2.08. The molecule has 0 aromatic carbocycles. The predicted molar refractivity (Wildman–Crippen MR) is 68.0 cm³/mol. The number of carbonyl (C=O) groups excluding carboxylic acids is 1. The molecule has 0 unspecified atom stereocenters. The Labute approximate surface area is 109 Å². The van der Waals surface area contributed by atoms with Crippen LogP contribution in [0.5, 0.6) is 0 Å². The third-order valence-electron chi connectivity index (χ3n) is 3.23. The molecule has 18 heavy (non-hydrogen) atoms. The smallest absolute Gasteiger partial charge is 0.355 e. The highest BCUT2D eigenvalue weighted by Gasteiger charge is 2.17. The Kier molecular flexibility index (Phi) is 4.30. The minimum absolute atomic E-state index is 0.0686. The van der Waals surface area contributed by atoms with Gasteiger partial charge in [-0.25, -0.2) is 9.78 Å². The summed E-state index contributed by atoms with van der Waals surface area (Å²) in [5.41, 5.74) is -0.0686. The van der Waals surface area contributed by atoms with Crippen LogP contribution in [0.4, 0.5) is 0 Å². The number of carboxylic acids is 1. The van der Waals surface area contributed by atoms with Crippen LogP contribution in [-0.2, 0) is 0 Å². The van der Waals surface area contributed by atoms with Gasteiger partial charge in [0, 0.05) is 11.9 Å². The Hall–Kier alpha value is -1.43. The summed E-state index contributed by atoms with van der Waals surface area (Å²) >= 11 is 1.06. The fourth-order valence-electron chi connectivity index (χ4n) is 2.24. The van der Waals surface area contributed by atoms with Crippen molar-refractivity contribution in [2.45, 2.75) is 32.1 Å². The van der Waals surface area contributed by atoms with Crippen LogP contribution in [0.15, 0.2) is 5.38 Å². The average Bonchev–Trinajstić information content (AvgIpc) is 2.99. The molecule has 0 aliphatic heterocycles. The van der Waals surface area contributed by atoms with Crippen molar-refractivity contribution in [1.82, 2.24) is 10.3 Å². The molecule has 98 valence electrons. The van der Waals surface area contributed by atoms with E-state index in [2.05, 4.69) is 10.3 Å². The van der Waals surface area contributed by atoms with Crippen LogP contribution in [0.3, 0.4) is 0 Å². The van der Waals surface area contributed by atoms with Crippen LogP contribution in [0, 0.1) is 5.92 Å². The Morgan fingerprint density at radius 2 is 2.17 bits per heavy atom. The second-order valence-corrected chi connectivity index (χ2v) is 5.40. The summed E-state index contributed by atoms with van der Waals surface area (Å²) in [5.74, 6) is -0.641. The van der Waals surface area contributed by atoms with Crippen molar-refractivity contribution in [3.63, 3.8) is 0 Å². The van der Waals surface area contributed by atoms with Crippen molar-refractivity contribution in [2.75, 3.05) is 6.54 Å². The Morgan fingerprint density at radius 1 is 1.44 bits per heavy atom. The van der Waals surface area contributed by atoms with Crippen LogP contribution < -0.4 is 5.32 Å². The van der Waals surface area contributed by atoms with Crippen molar-refractivity contribution in [2.24, 2.45) is 5.92 Å². The molecule has 0 radical (unpaired) electrons. The maximum atomic E-state index is 11.7. The van der Waals surface area contributed by atoms with E-state index in [4.69, 9.17) is 5.11 Å². The SMILES string of the molecule is O=C(O)c1csc(C(=O)NCCC2CCCC2)n1. The van der Waals surface area contributed by atoms with Gasteiger partial charge in [0.1, 0.15) is 0 Å². The van der Waals surface area contributed by atoms with Gasteiger partial charge in [0.15, 0.2) is 10.7 Å². The average molecular weight is 268 g/mol. The predicted octanol–water partition coefficient (Wildman–Crippen LogP) is 2.15. The molecule has 1 heterocycles. The zero-order chi connectivity index (χ0) is 13.0. The molecule has 0 saturated heterocycles. The molecule has 1 amide bonds. The number of thiazole rings is 1. The second kappa shape index (κ2) is 5.95. The zero-order valence-electron chi connectivity index (χ0n) is 10.0. The lowest BCUT2D eigenvalue weighted by molar-refractivity contribution is 0.0691. The molecule has 0 atom stereocenters. The van der Waals surface area contributed by atoms with Crippen LogP contribution in [0.25, 0.3) is 0 Å². The largest absolute Gasteiger partial charge is 0.476 e. The van der Waals surface area contributed by atoms with Gasteiger partial charge in [-0.2, -0.15) is 0 Å². The maximum Gasteiger partial charge on any atom is 0.355 e. The standard InChI is InChI=1S/C12H16N2O3S/c15-10(11-14-9(7-18-11)12(16)17)13-6-5-8-3-1-2-4-8/h7-8H,1-6H2,(H,13,15)(H,16,17). The van der Waals surface area contributed by atoms with E-state index >= 15 is 0 Å². The van der Waals surface area contributed by atoms with E-state index in [0.717, 1.165) is 23.7 Å². The van der Waals surface area contributed by atoms with E-state index < -0.39 is 5.97 Å². The quantitative estimate of drug-likeness (QED) is 0.857. The lowest BCUT2D eigenvalue weighted by atomic mass is 10.0. The number of rotatable bonds is 5. The van der Waals surface area contributed by atoms with Gasteiger partial charge in [-0.15, -0.1) is 11.3 Å². The van der Waals surface area contributed by atoms with Gasteiger partial charge in [0.05, 0.1) is 0 Å². The number of nitrogens with zero attached hydrogens (tertiary/aromatic N) is 1. The molecular weight excluding hydrogens is 252 g/mol. The number of aromatic carboxylic acids is 1. The highest BCUT2D eigenvalue weighted by molar-refractivity contribution is 7.11. The third-order valence-corrected chi connectivity index (χ3v) is 4.07. The first-order valence-corrected chi connectivity index (χ1v) is 7.02. The zero-order valence-corrected chi connectivity index (χ0v) is 10.8. The molecule has 1 aromatic rings. The van der Waals surface area contributed by atoms with E-state index in [1.165, 1.54) is 31.1 Å². The van der Waals surface area contributed by atoms with E-state index in [9.17, 15) is 9.59 Å². The lowest BCUT2D eigenvalue weighted by Crippen LogP contribution is -2.25. The normalized spacial score (nSPS) is 15.8. The maximum absolute atomic E-state index is 11.7. The first-order chi connectivity index (χ1) is 8.66. The number of hydrogen-bond acceptors (Lipinski definition) is 4. The van der Waals surface area contributed by atoms with Crippen molar-refractivity contribution < 1.29 is 14.7 Å². The summed E-state index contributed by atoms with van der Waals surface area (Å²) in [6, 6.07) is 0. The minimum atomic E-state index is -1.10. The van der Waals surface area contributed by atoms with Crippen LogP contribution in [-0.4, -0.2) is 28.5 Å². The summed E-state index contributed by atoms with van der Waals surface area (Å²) in [6.45, 7) is 0.644. The van der Waals surface area contributed by atoms with Crippen LogP contribution >= 0.6 is 11.3 Å². The molecule has 2 rings (SSSR count). The van der Waals surface area contributed by atoms with Gasteiger partial charge in [-0.3, -0.25) is 4.79 Å². The number of carbonyl (C=O) groups is 2. The topological polar surface area (TPSA) is 79.3 Å². The molecule has 1 aliphatic rings. The van der Waals surface area contributed by atoms with E-state index in [1.807, 2.05) is 0 Å². The number of hydrogen-bond donors (Lipinski definition) is 2.